The van der Waals surface area contributed by atoms with Crippen LogP contribution in [0.3, 0.4) is 0 Å². The number of anilines is 1. The average Bonchev–Trinajstić information content (AvgIpc) is 2.65. The number of hydrogen-bond donors (Lipinski definition) is 1. The van der Waals surface area contributed by atoms with Crippen molar-refractivity contribution in [1.82, 2.24) is 0 Å². The predicted octanol–water partition coefficient (Wildman–Crippen LogP) is 3.24. The molecule has 1 fully saturated rings. The van der Waals surface area contributed by atoms with Crippen LogP contribution >= 0.6 is 0 Å². The van der Waals surface area contributed by atoms with E-state index in [1.807, 2.05) is 37.3 Å². The Morgan fingerprint density at radius 1 is 1.00 bits per heavy atom. The Labute approximate surface area is 157 Å². The lowest BCUT2D eigenvalue weighted by atomic mass is 10.2. The second-order valence-electron chi connectivity index (χ2n) is 5.92. The lowest BCUT2D eigenvalue weighted by molar-refractivity contribution is -0.197. The van der Waals surface area contributed by atoms with Crippen molar-refractivity contribution >= 4 is 17.6 Å². The van der Waals surface area contributed by atoms with Crippen molar-refractivity contribution in [3.8, 4) is 11.5 Å². The standard InChI is InChI=1S/C20H21NO6/c1-2-10-24-16-9-8-15(21-20-26-18(22)12-19(23)27-20)11-17(16)25-13-14-6-4-3-5-7-14/h3-9,11,20-21H,2,10,12-13H2,1H3. The highest BCUT2D eigenvalue weighted by molar-refractivity contribution is 5.92. The first-order chi connectivity index (χ1) is 13.1. The number of benzene rings is 2. The van der Waals surface area contributed by atoms with Crippen molar-refractivity contribution in [2.75, 3.05) is 11.9 Å². The molecule has 0 radical (unpaired) electrons. The molecule has 142 valence electrons. The van der Waals surface area contributed by atoms with Crippen LogP contribution in [0.1, 0.15) is 25.3 Å². The van der Waals surface area contributed by atoms with Gasteiger partial charge < -0.3 is 24.3 Å². The Morgan fingerprint density at radius 3 is 2.44 bits per heavy atom. The molecule has 0 atom stereocenters. The van der Waals surface area contributed by atoms with Crippen LogP contribution in [0, 0.1) is 0 Å². The molecule has 0 bridgehead atoms. The molecule has 2 aromatic carbocycles. The maximum Gasteiger partial charge on any atom is 0.329 e. The zero-order valence-electron chi connectivity index (χ0n) is 15.0. The second-order valence-corrected chi connectivity index (χ2v) is 5.92. The first-order valence-corrected chi connectivity index (χ1v) is 8.73. The van der Waals surface area contributed by atoms with Gasteiger partial charge in [-0.25, -0.2) is 0 Å². The fourth-order valence-corrected chi connectivity index (χ4v) is 2.44. The summed E-state index contributed by atoms with van der Waals surface area (Å²) in [7, 11) is 0. The Kier molecular flexibility index (Phi) is 6.14. The maximum atomic E-state index is 11.4. The van der Waals surface area contributed by atoms with E-state index in [2.05, 4.69) is 5.32 Å². The Hall–Kier alpha value is -3.22. The number of rotatable bonds is 8. The third kappa shape index (κ3) is 5.37. The van der Waals surface area contributed by atoms with Gasteiger partial charge in [0.1, 0.15) is 13.0 Å². The molecule has 0 amide bonds. The first kappa shape index (κ1) is 18.6. The molecule has 0 aliphatic carbocycles. The van der Waals surface area contributed by atoms with Gasteiger partial charge in [0.2, 0.25) is 0 Å². The zero-order valence-corrected chi connectivity index (χ0v) is 15.0. The summed E-state index contributed by atoms with van der Waals surface area (Å²) in [5.41, 5.74) is 1.59. The third-order valence-corrected chi connectivity index (χ3v) is 3.69. The highest BCUT2D eigenvalue weighted by Gasteiger charge is 2.27. The van der Waals surface area contributed by atoms with E-state index in [0.29, 0.717) is 30.4 Å². The minimum atomic E-state index is -1.16. The molecule has 0 unspecified atom stereocenters. The summed E-state index contributed by atoms with van der Waals surface area (Å²) in [4.78, 5) is 22.7. The fraction of sp³-hybridized carbons (Fsp3) is 0.300. The summed E-state index contributed by atoms with van der Waals surface area (Å²) in [6.07, 6.45) is -0.678. The van der Waals surface area contributed by atoms with Crippen LogP contribution in [0.5, 0.6) is 11.5 Å². The van der Waals surface area contributed by atoms with Gasteiger partial charge in [0.05, 0.1) is 6.61 Å². The van der Waals surface area contributed by atoms with E-state index in [1.165, 1.54) is 0 Å². The molecule has 3 rings (SSSR count). The Bertz CT molecular complexity index is 776. The molecule has 0 saturated carbocycles. The minimum absolute atomic E-state index is 0.375. The largest absolute Gasteiger partial charge is 0.490 e. The number of cyclic esters (lactones) is 2. The summed E-state index contributed by atoms with van der Waals surface area (Å²) in [5.74, 6) is -0.124. The van der Waals surface area contributed by atoms with Gasteiger partial charge in [-0.05, 0) is 24.1 Å². The topological polar surface area (TPSA) is 83.1 Å². The summed E-state index contributed by atoms with van der Waals surface area (Å²) < 4.78 is 21.6. The van der Waals surface area contributed by atoms with Crippen molar-refractivity contribution in [2.24, 2.45) is 0 Å². The lowest BCUT2D eigenvalue weighted by Gasteiger charge is -2.24. The van der Waals surface area contributed by atoms with E-state index in [-0.39, 0.29) is 6.42 Å². The highest BCUT2D eigenvalue weighted by Crippen LogP contribution is 2.32. The molecule has 1 heterocycles. The minimum Gasteiger partial charge on any atom is -0.490 e. The molecule has 7 heteroatoms. The van der Waals surface area contributed by atoms with Crippen LogP contribution in [-0.2, 0) is 25.7 Å². The zero-order chi connectivity index (χ0) is 19.1. The van der Waals surface area contributed by atoms with Crippen molar-refractivity contribution < 1.29 is 28.5 Å². The number of esters is 2. The SMILES string of the molecule is CCCOc1ccc(NC2OC(=O)CC(=O)O2)cc1OCc1ccccc1. The number of ether oxygens (including phenoxy) is 4. The molecule has 2 aromatic rings. The average molecular weight is 371 g/mol. The molecule has 1 aliphatic heterocycles. The predicted molar refractivity (Wildman–Crippen MR) is 97.2 cm³/mol. The smallest absolute Gasteiger partial charge is 0.329 e. The van der Waals surface area contributed by atoms with Gasteiger partial charge in [0, 0.05) is 11.8 Å². The summed E-state index contributed by atoms with van der Waals surface area (Å²) in [6, 6.07) is 15.0. The maximum absolute atomic E-state index is 11.4. The Balaban J connectivity index is 1.73. The number of hydrogen-bond acceptors (Lipinski definition) is 7. The van der Waals surface area contributed by atoms with Gasteiger partial charge in [-0.3, -0.25) is 9.59 Å². The van der Waals surface area contributed by atoms with Gasteiger partial charge in [0.15, 0.2) is 11.5 Å². The van der Waals surface area contributed by atoms with Crippen LogP contribution in [-0.4, -0.2) is 25.0 Å². The van der Waals surface area contributed by atoms with Crippen molar-refractivity contribution in [3.63, 3.8) is 0 Å². The van der Waals surface area contributed by atoms with Gasteiger partial charge in [0.25, 0.3) is 0 Å². The first-order valence-electron chi connectivity index (χ1n) is 8.73. The normalized spacial score (nSPS) is 14.3. The lowest BCUT2D eigenvalue weighted by Crippen LogP contribution is -2.37. The van der Waals surface area contributed by atoms with Gasteiger partial charge in [-0.15, -0.1) is 0 Å². The van der Waals surface area contributed by atoms with Crippen LogP contribution in [0.2, 0.25) is 0 Å². The van der Waals surface area contributed by atoms with Gasteiger partial charge in [-0.2, -0.15) is 0 Å². The summed E-state index contributed by atoms with van der Waals surface area (Å²) in [5, 5.41) is 2.84. The van der Waals surface area contributed by atoms with Crippen molar-refractivity contribution in [3.05, 3.63) is 54.1 Å². The quantitative estimate of drug-likeness (QED) is 0.563. The molecule has 0 spiro atoms. The Morgan fingerprint density at radius 2 is 1.74 bits per heavy atom. The molecule has 0 aromatic heterocycles. The monoisotopic (exact) mass is 371 g/mol. The third-order valence-electron chi connectivity index (χ3n) is 3.69. The van der Waals surface area contributed by atoms with E-state index < -0.39 is 18.4 Å². The van der Waals surface area contributed by atoms with E-state index in [0.717, 1.165) is 12.0 Å². The van der Waals surface area contributed by atoms with Crippen LogP contribution < -0.4 is 14.8 Å². The highest BCUT2D eigenvalue weighted by atomic mass is 16.7. The fourth-order valence-electron chi connectivity index (χ4n) is 2.44. The second kappa shape index (κ2) is 8.93. The molecule has 1 aliphatic rings. The van der Waals surface area contributed by atoms with E-state index in [9.17, 15) is 9.59 Å². The summed E-state index contributed by atoms with van der Waals surface area (Å²) in [6.45, 7) is 2.96. The van der Waals surface area contributed by atoms with Crippen LogP contribution in [0.25, 0.3) is 0 Å². The van der Waals surface area contributed by atoms with Gasteiger partial charge in [-0.1, -0.05) is 37.3 Å². The molecular weight excluding hydrogens is 350 g/mol. The summed E-state index contributed by atoms with van der Waals surface area (Å²) >= 11 is 0. The molecule has 27 heavy (non-hydrogen) atoms. The van der Waals surface area contributed by atoms with E-state index in [1.54, 1.807) is 18.2 Å². The number of carbonyl (C=O) groups is 2. The van der Waals surface area contributed by atoms with E-state index >= 15 is 0 Å². The van der Waals surface area contributed by atoms with Crippen molar-refractivity contribution in [1.29, 1.82) is 0 Å². The molecule has 1 saturated heterocycles. The molecule has 7 nitrogen and oxygen atoms in total. The van der Waals surface area contributed by atoms with Gasteiger partial charge >= 0.3 is 18.4 Å². The number of carbonyl (C=O) groups excluding carboxylic acids is 2. The van der Waals surface area contributed by atoms with E-state index in [4.69, 9.17) is 18.9 Å². The van der Waals surface area contributed by atoms with Crippen LogP contribution in [0.15, 0.2) is 48.5 Å². The molecule has 1 N–H and O–H groups in total. The molecular formula is C20H21NO6. The number of nitrogens with one attached hydrogen (secondary N) is 1. The van der Waals surface area contributed by atoms with Crippen LogP contribution in [0.4, 0.5) is 5.69 Å². The van der Waals surface area contributed by atoms with Crippen molar-refractivity contribution in [2.45, 2.75) is 32.8 Å².